The summed E-state index contributed by atoms with van der Waals surface area (Å²) in [4.78, 5) is 13.7. The van der Waals surface area contributed by atoms with Crippen LogP contribution in [0.5, 0.6) is 0 Å². The molecule has 1 saturated heterocycles. The predicted octanol–water partition coefficient (Wildman–Crippen LogP) is 3.59. The highest BCUT2D eigenvalue weighted by Gasteiger charge is 2.27. The zero-order chi connectivity index (χ0) is 11.8. The summed E-state index contributed by atoms with van der Waals surface area (Å²) >= 11 is 3.46. The molecule has 1 amide bonds. The molecule has 0 aromatic heterocycles. The van der Waals surface area contributed by atoms with E-state index in [1.807, 2.05) is 4.90 Å². The van der Waals surface area contributed by atoms with E-state index in [1.54, 1.807) is 0 Å². The maximum Gasteiger partial charge on any atom is 0.222 e. The number of carbonyl (C=O) groups is 1. The first-order chi connectivity index (χ1) is 7.77. The van der Waals surface area contributed by atoms with Gasteiger partial charge in [-0.3, -0.25) is 4.79 Å². The molecule has 16 heavy (non-hydrogen) atoms. The molecule has 1 atom stereocenters. The van der Waals surface area contributed by atoms with E-state index in [2.05, 4.69) is 22.9 Å². The first kappa shape index (κ1) is 14.0. The van der Waals surface area contributed by atoms with Crippen molar-refractivity contribution in [3.8, 4) is 0 Å². The first-order valence-electron chi connectivity index (χ1n) is 6.61. The second-order valence-electron chi connectivity index (χ2n) is 4.83. The molecule has 1 aliphatic rings. The van der Waals surface area contributed by atoms with Crippen LogP contribution in [-0.4, -0.2) is 29.2 Å². The Hall–Kier alpha value is -0.0500. The molecule has 0 aliphatic carbocycles. The molecule has 2 nitrogen and oxygen atoms in total. The van der Waals surface area contributed by atoms with E-state index in [0.717, 1.165) is 24.8 Å². The highest BCUT2D eigenvalue weighted by Crippen LogP contribution is 2.20. The lowest BCUT2D eigenvalue weighted by Gasteiger charge is -2.15. The minimum absolute atomic E-state index is 0.359. The second kappa shape index (κ2) is 8.10. The molecule has 0 saturated carbocycles. The van der Waals surface area contributed by atoms with E-state index >= 15 is 0 Å². The third-order valence-electron chi connectivity index (χ3n) is 3.29. The van der Waals surface area contributed by atoms with Gasteiger partial charge in [-0.05, 0) is 12.3 Å². The van der Waals surface area contributed by atoms with Crippen LogP contribution in [0.25, 0.3) is 0 Å². The average molecular weight is 290 g/mol. The maximum atomic E-state index is 11.6. The van der Waals surface area contributed by atoms with Crippen LogP contribution < -0.4 is 0 Å². The van der Waals surface area contributed by atoms with Gasteiger partial charge >= 0.3 is 0 Å². The standard InChI is InChI=1S/C13H24BrNO/c1-2-3-4-5-6-7-8-15-11-12(10-14)9-13(15)16/h12H,2-11H2,1H3. The van der Waals surface area contributed by atoms with Gasteiger partial charge in [0.1, 0.15) is 0 Å². The number of unbranched alkanes of at least 4 members (excludes halogenated alkanes) is 5. The fourth-order valence-corrected chi connectivity index (χ4v) is 2.69. The van der Waals surface area contributed by atoms with E-state index < -0.39 is 0 Å². The molecule has 0 spiro atoms. The minimum atomic E-state index is 0.359. The van der Waals surface area contributed by atoms with Crippen molar-refractivity contribution in [2.45, 2.75) is 51.9 Å². The van der Waals surface area contributed by atoms with Gasteiger partial charge in [-0.2, -0.15) is 0 Å². The van der Waals surface area contributed by atoms with Gasteiger partial charge in [0, 0.05) is 24.8 Å². The molecule has 94 valence electrons. The van der Waals surface area contributed by atoms with E-state index in [0.29, 0.717) is 11.8 Å². The molecule has 1 fully saturated rings. The summed E-state index contributed by atoms with van der Waals surface area (Å²) in [6.07, 6.45) is 8.56. The van der Waals surface area contributed by atoms with Gasteiger partial charge in [0.05, 0.1) is 0 Å². The number of alkyl halides is 1. The van der Waals surface area contributed by atoms with Gasteiger partial charge in [0.15, 0.2) is 0 Å². The van der Waals surface area contributed by atoms with Crippen LogP contribution in [0.3, 0.4) is 0 Å². The molecule has 3 heteroatoms. The molecule has 1 rings (SSSR count). The summed E-state index contributed by atoms with van der Waals surface area (Å²) in [5.41, 5.74) is 0. The van der Waals surface area contributed by atoms with Crippen LogP contribution in [0, 0.1) is 5.92 Å². The van der Waals surface area contributed by atoms with Crippen LogP contribution in [0.2, 0.25) is 0 Å². The van der Waals surface area contributed by atoms with Crippen LogP contribution in [-0.2, 0) is 4.79 Å². The lowest BCUT2D eigenvalue weighted by Crippen LogP contribution is -2.26. The Balaban J connectivity index is 2.03. The molecule has 0 aromatic carbocycles. The fourth-order valence-electron chi connectivity index (χ4n) is 2.26. The molecular formula is C13H24BrNO. The Morgan fingerprint density at radius 1 is 1.25 bits per heavy atom. The van der Waals surface area contributed by atoms with Crippen molar-refractivity contribution >= 4 is 21.8 Å². The first-order valence-corrected chi connectivity index (χ1v) is 7.73. The van der Waals surface area contributed by atoms with Gasteiger partial charge in [-0.25, -0.2) is 0 Å². The van der Waals surface area contributed by atoms with E-state index in [1.165, 1.54) is 38.5 Å². The molecule has 1 heterocycles. The molecule has 1 unspecified atom stereocenters. The molecule has 0 aromatic rings. The number of carbonyl (C=O) groups excluding carboxylic acids is 1. The largest absolute Gasteiger partial charge is 0.342 e. The zero-order valence-corrected chi connectivity index (χ0v) is 12.0. The van der Waals surface area contributed by atoms with Gasteiger partial charge in [-0.1, -0.05) is 55.0 Å². The van der Waals surface area contributed by atoms with E-state index in [9.17, 15) is 4.79 Å². The Morgan fingerprint density at radius 2 is 1.94 bits per heavy atom. The predicted molar refractivity (Wildman–Crippen MR) is 71.9 cm³/mol. The highest BCUT2D eigenvalue weighted by atomic mass is 79.9. The summed E-state index contributed by atoms with van der Waals surface area (Å²) < 4.78 is 0. The summed E-state index contributed by atoms with van der Waals surface area (Å²) in [5.74, 6) is 0.908. The minimum Gasteiger partial charge on any atom is -0.342 e. The summed E-state index contributed by atoms with van der Waals surface area (Å²) in [7, 11) is 0. The van der Waals surface area contributed by atoms with Crippen molar-refractivity contribution in [1.29, 1.82) is 0 Å². The monoisotopic (exact) mass is 289 g/mol. The Morgan fingerprint density at radius 3 is 2.56 bits per heavy atom. The highest BCUT2D eigenvalue weighted by molar-refractivity contribution is 9.09. The number of hydrogen-bond acceptors (Lipinski definition) is 1. The van der Waals surface area contributed by atoms with Crippen molar-refractivity contribution < 1.29 is 4.79 Å². The number of likely N-dealkylation sites (tertiary alicyclic amines) is 1. The molecule has 1 aliphatic heterocycles. The van der Waals surface area contributed by atoms with E-state index in [4.69, 9.17) is 0 Å². The van der Waals surface area contributed by atoms with Crippen molar-refractivity contribution in [2.75, 3.05) is 18.4 Å². The van der Waals surface area contributed by atoms with Gasteiger partial charge in [-0.15, -0.1) is 0 Å². The molecule has 0 radical (unpaired) electrons. The zero-order valence-electron chi connectivity index (χ0n) is 10.4. The summed E-state index contributed by atoms with van der Waals surface area (Å²) in [5, 5.41) is 0.964. The van der Waals surface area contributed by atoms with E-state index in [-0.39, 0.29) is 0 Å². The number of halogens is 1. The van der Waals surface area contributed by atoms with Crippen LogP contribution in [0.1, 0.15) is 51.9 Å². The third-order valence-corrected chi connectivity index (χ3v) is 4.21. The third kappa shape index (κ3) is 4.86. The molecule has 0 bridgehead atoms. The topological polar surface area (TPSA) is 20.3 Å². The van der Waals surface area contributed by atoms with Crippen molar-refractivity contribution in [3.63, 3.8) is 0 Å². The van der Waals surface area contributed by atoms with Gasteiger partial charge < -0.3 is 4.90 Å². The average Bonchev–Trinajstić information content (AvgIpc) is 2.65. The fraction of sp³-hybridized carbons (Fsp3) is 0.923. The Kier molecular flexibility index (Phi) is 7.10. The smallest absolute Gasteiger partial charge is 0.222 e. The summed E-state index contributed by atoms with van der Waals surface area (Å²) in [6.45, 7) is 4.19. The van der Waals surface area contributed by atoms with Gasteiger partial charge in [0.25, 0.3) is 0 Å². The maximum absolute atomic E-state index is 11.6. The Labute approximate surface area is 108 Å². The quantitative estimate of drug-likeness (QED) is 0.494. The Bertz CT molecular complexity index is 208. The van der Waals surface area contributed by atoms with Crippen molar-refractivity contribution in [2.24, 2.45) is 5.92 Å². The molecular weight excluding hydrogens is 266 g/mol. The van der Waals surface area contributed by atoms with Crippen molar-refractivity contribution in [1.82, 2.24) is 4.90 Å². The number of hydrogen-bond donors (Lipinski definition) is 0. The van der Waals surface area contributed by atoms with Crippen molar-refractivity contribution in [3.05, 3.63) is 0 Å². The number of amides is 1. The van der Waals surface area contributed by atoms with Crippen LogP contribution in [0.15, 0.2) is 0 Å². The normalized spacial score (nSPS) is 20.8. The number of nitrogens with zero attached hydrogens (tertiary/aromatic N) is 1. The van der Waals surface area contributed by atoms with Crippen LogP contribution >= 0.6 is 15.9 Å². The summed E-state index contributed by atoms with van der Waals surface area (Å²) in [6, 6.07) is 0. The van der Waals surface area contributed by atoms with Gasteiger partial charge in [0.2, 0.25) is 5.91 Å². The SMILES string of the molecule is CCCCCCCCN1CC(CBr)CC1=O. The van der Waals surface area contributed by atoms with Crippen LogP contribution in [0.4, 0.5) is 0 Å². The lowest BCUT2D eigenvalue weighted by molar-refractivity contribution is -0.127. The number of rotatable bonds is 8. The lowest BCUT2D eigenvalue weighted by atomic mass is 10.1. The second-order valence-corrected chi connectivity index (χ2v) is 5.48. The molecule has 0 N–H and O–H groups in total.